The first kappa shape index (κ1) is 17.4. The molecule has 3 nitrogen and oxygen atoms in total. The van der Waals surface area contributed by atoms with Gasteiger partial charge < -0.3 is 0 Å². The molecule has 0 aromatic heterocycles. The second kappa shape index (κ2) is 9.28. The molecule has 3 aromatic carbocycles. The summed E-state index contributed by atoms with van der Waals surface area (Å²) in [6, 6.07) is 24.4. The molecule has 3 rings (SSSR count). The van der Waals surface area contributed by atoms with Crippen LogP contribution in [-0.2, 0) is 11.2 Å². The molecule has 122 valence electrons. The second-order valence-corrected chi connectivity index (χ2v) is 5.21. The van der Waals surface area contributed by atoms with Gasteiger partial charge in [-0.2, -0.15) is 0 Å². The Balaban J connectivity index is 0.000000174. The third-order valence-electron chi connectivity index (χ3n) is 3.60. The van der Waals surface area contributed by atoms with Crippen molar-refractivity contribution in [3.8, 4) is 0 Å². The van der Waals surface area contributed by atoms with E-state index in [1.807, 2.05) is 30.3 Å². The third kappa shape index (κ3) is 5.07. The van der Waals surface area contributed by atoms with Gasteiger partial charge in [0.2, 0.25) is 0 Å². The Morgan fingerprint density at radius 1 is 0.958 bits per heavy atom. The number of aryl methyl sites for hydroxylation is 1. The van der Waals surface area contributed by atoms with Crippen molar-refractivity contribution in [1.82, 2.24) is 5.48 Å². The van der Waals surface area contributed by atoms with Crippen molar-refractivity contribution in [3.63, 3.8) is 0 Å². The summed E-state index contributed by atoms with van der Waals surface area (Å²) in [5.74, 6) is -0.529. The zero-order valence-electron chi connectivity index (χ0n) is 13.6. The molecule has 0 aliphatic heterocycles. The number of hydrogen-bond acceptors (Lipinski definition) is 2. The Labute approximate surface area is 142 Å². The van der Waals surface area contributed by atoms with E-state index in [0.717, 1.165) is 12.0 Å². The highest BCUT2D eigenvalue weighted by atomic mass is 16.5. The van der Waals surface area contributed by atoms with Crippen LogP contribution in [0, 0.1) is 0 Å². The summed E-state index contributed by atoms with van der Waals surface area (Å²) in [5.41, 5.74) is 3.87. The minimum atomic E-state index is -0.529. The van der Waals surface area contributed by atoms with Crippen LogP contribution in [0.2, 0.25) is 0 Å². The molecule has 24 heavy (non-hydrogen) atoms. The van der Waals surface area contributed by atoms with E-state index in [0.29, 0.717) is 0 Å². The first-order valence-electron chi connectivity index (χ1n) is 7.88. The molecule has 0 radical (unpaired) electrons. The van der Waals surface area contributed by atoms with Gasteiger partial charge in [0.1, 0.15) is 0 Å². The Morgan fingerprint density at radius 3 is 2.33 bits per heavy atom. The Kier molecular flexibility index (Phi) is 6.74. The van der Waals surface area contributed by atoms with E-state index >= 15 is 0 Å². The lowest BCUT2D eigenvalue weighted by Gasteiger charge is -2.02. The Bertz CT molecular complexity index is 805. The quantitative estimate of drug-likeness (QED) is 0.421. The highest BCUT2D eigenvalue weighted by Crippen LogP contribution is 2.18. The number of benzene rings is 3. The molecule has 0 unspecified atom stereocenters. The van der Waals surface area contributed by atoms with Gasteiger partial charge in [0.05, 0.1) is 0 Å². The molecule has 0 saturated carbocycles. The standard InChI is InChI=1S/C12H12.C9H9NO2/c1-2-10-7-5-8-11-6-3-4-9-12(10)11;11-9(10-12)7-6-8-4-2-1-3-5-8/h3-9H,2H2,1H3;1-7,12H,(H,10,11)/b;7-6+. The molecule has 0 heterocycles. The molecule has 0 aliphatic rings. The van der Waals surface area contributed by atoms with E-state index in [2.05, 4.69) is 49.4 Å². The van der Waals surface area contributed by atoms with Crippen LogP contribution in [0.3, 0.4) is 0 Å². The van der Waals surface area contributed by atoms with Crippen molar-refractivity contribution in [2.24, 2.45) is 0 Å². The van der Waals surface area contributed by atoms with Gasteiger partial charge in [-0.05, 0) is 34.4 Å². The normalized spacial score (nSPS) is 10.2. The van der Waals surface area contributed by atoms with Gasteiger partial charge in [-0.3, -0.25) is 10.0 Å². The van der Waals surface area contributed by atoms with E-state index in [1.165, 1.54) is 27.9 Å². The number of rotatable bonds is 3. The molecule has 0 bridgehead atoms. The summed E-state index contributed by atoms with van der Waals surface area (Å²) < 4.78 is 0. The maximum Gasteiger partial charge on any atom is 0.267 e. The summed E-state index contributed by atoms with van der Waals surface area (Å²) in [7, 11) is 0. The van der Waals surface area contributed by atoms with Crippen molar-refractivity contribution in [2.75, 3.05) is 0 Å². The lowest BCUT2D eigenvalue weighted by Crippen LogP contribution is -2.14. The van der Waals surface area contributed by atoms with Crippen LogP contribution >= 0.6 is 0 Å². The van der Waals surface area contributed by atoms with Crippen molar-refractivity contribution in [1.29, 1.82) is 0 Å². The van der Waals surface area contributed by atoms with Crippen LogP contribution < -0.4 is 5.48 Å². The minimum Gasteiger partial charge on any atom is -0.288 e. The predicted octanol–water partition coefficient (Wildman–Crippen LogP) is 4.61. The molecular formula is C21H21NO2. The topological polar surface area (TPSA) is 49.3 Å². The van der Waals surface area contributed by atoms with Gasteiger partial charge >= 0.3 is 0 Å². The first-order valence-corrected chi connectivity index (χ1v) is 7.88. The maximum absolute atomic E-state index is 10.5. The van der Waals surface area contributed by atoms with Crippen LogP contribution in [0.4, 0.5) is 0 Å². The zero-order chi connectivity index (χ0) is 17.2. The molecule has 0 aliphatic carbocycles. The summed E-state index contributed by atoms with van der Waals surface area (Å²) in [5, 5.41) is 10.9. The van der Waals surface area contributed by atoms with Gasteiger partial charge in [0.25, 0.3) is 5.91 Å². The molecule has 0 fully saturated rings. The van der Waals surface area contributed by atoms with Crippen molar-refractivity contribution < 1.29 is 10.0 Å². The number of nitrogens with one attached hydrogen (secondary N) is 1. The van der Waals surface area contributed by atoms with Gasteiger partial charge in [0.15, 0.2) is 0 Å². The smallest absolute Gasteiger partial charge is 0.267 e. The van der Waals surface area contributed by atoms with Crippen LogP contribution in [0.15, 0.2) is 78.9 Å². The van der Waals surface area contributed by atoms with E-state index in [1.54, 1.807) is 6.08 Å². The Hall–Kier alpha value is -2.91. The fourth-order valence-corrected chi connectivity index (χ4v) is 2.37. The number of carbonyl (C=O) groups is 1. The minimum absolute atomic E-state index is 0.529. The lowest BCUT2D eigenvalue weighted by atomic mass is 10.0. The van der Waals surface area contributed by atoms with Gasteiger partial charge in [-0.1, -0.05) is 79.7 Å². The van der Waals surface area contributed by atoms with Gasteiger partial charge in [0, 0.05) is 6.08 Å². The number of carbonyl (C=O) groups excluding carboxylic acids is 1. The summed E-state index contributed by atoms with van der Waals surface area (Å²) in [6.45, 7) is 2.20. The molecule has 3 aromatic rings. The van der Waals surface area contributed by atoms with E-state index in [9.17, 15) is 4.79 Å². The molecule has 0 spiro atoms. The lowest BCUT2D eigenvalue weighted by molar-refractivity contribution is -0.124. The number of fused-ring (bicyclic) bond motifs is 1. The maximum atomic E-state index is 10.5. The second-order valence-electron chi connectivity index (χ2n) is 5.21. The molecule has 3 heteroatoms. The number of hydroxylamine groups is 1. The predicted molar refractivity (Wildman–Crippen MR) is 98.7 cm³/mol. The molecule has 0 atom stereocenters. The highest BCUT2D eigenvalue weighted by Gasteiger charge is 1.95. The number of hydrogen-bond donors (Lipinski definition) is 2. The SMILES string of the molecule is CCc1cccc2ccccc12.O=C(/C=C/c1ccccc1)NO. The number of amides is 1. The van der Waals surface area contributed by atoms with E-state index in [-0.39, 0.29) is 0 Å². The summed E-state index contributed by atoms with van der Waals surface area (Å²) in [6.07, 6.45) is 3.99. The van der Waals surface area contributed by atoms with E-state index in [4.69, 9.17) is 5.21 Å². The summed E-state index contributed by atoms with van der Waals surface area (Å²) in [4.78, 5) is 10.5. The van der Waals surface area contributed by atoms with E-state index < -0.39 is 5.91 Å². The largest absolute Gasteiger partial charge is 0.288 e. The van der Waals surface area contributed by atoms with Gasteiger partial charge in [-0.25, -0.2) is 5.48 Å². The average molecular weight is 319 g/mol. The molecular weight excluding hydrogens is 298 g/mol. The van der Waals surface area contributed by atoms with Crippen molar-refractivity contribution >= 4 is 22.8 Å². The van der Waals surface area contributed by atoms with Crippen LogP contribution in [-0.4, -0.2) is 11.1 Å². The Morgan fingerprint density at radius 2 is 1.62 bits per heavy atom. The van der Waals surface area contributed by atoms with Crippen LogP contribution in [0.5, 0.6) is 0 Å². The summed E-state index contributed by atoms with van der Waals surface area (Å²) >= 11 is 0. The van der Waals surface area contributed by atoms with Gasteiger partial charge in [-0.15, -0.1) is 0 Å². The van der Waals surface area contributed by atoms with Crippen molar-refractivity contribution in [3.05, 3.63) is 90.0 Å². The molecule has 0 saturated heterocycles. The van der Waals surface area contributed by atoms with Crippen molar-refractivity contribution in [2.45, 2.75) is 13.3 Å². The fourth-order valence-electron chi connectivity index (χ4n) is 2.37. The molecule has 1 amide bonds. The monoisotopic (exact) mass is 319 g/mol. The zero-order valence-corrected chi connectivity index (χ0v) is 13.6. The van der Waals surface area contributed by atoms with Crippen LogP contribution in [0.25, 0.3) is 16.8 Å². The van der Waals surface area contributed by atoms with Crippen LogP contribution in [0.1, 0.15) is 18.1 Å². The highest BCUT2D eigenvalue weighted by molar-refractivity contribution is 5.90. The fraction of sp³-hybridized carbons (Fsp3) is 0.0952. The average Bonchev–Trinajstić information content (AvgIpc) is 2.67. The molecule has 2 N–H and O–H groups in total. The first-order chi connectivity index (χ1) is 11.7. The third-order valence-corrected chi connectivity index (χ3v) is 3.60.